The van der Waals surface area contributed by atoms with Gasteiger partial charge in [0.1, 0.15) is 10.7 Å². The van der Waals surface area contributed by atoms with Crippen molar-refractivity contribution in [3.8, 4) is 0 Å². The Morgan fingerprint density at radius 1 is 1.03 bits per heavy atom. The number of carbonyl (C=O) groups is 2. The maximum absolute atomic E-state index is 13.0. The van der Waals surface area contributed by atoms with Gasteiger partial charge in [-0.1, -0.05) is 12.1 Å². The average molecular weight is 424 g/mol. The fraction of sp³-hybridized carbons (Fsp3) is 0.364. The SMILES string of the molecule is Cc1nc(C(=O)N(C)C)ccc1C(=O)N1CCN(Cc2nc3ccccc3s2)CC1. The lowest BCUT2D eigenvalue weighted by atomic mass is 10.1. The smallest absolute Gasteiger partial charge is 0.271 e. The number of para-hydroxylation sites is 1. The van der Waals surface area contributed by atoms with Crippen LogP contribution in [0.2, 0.25) is 0 Å². The zero-order valence-electron chi connectivity index (χ0n) is 17.5. The summed E-state index contributed by atoms with van der Waals surface area (Å²) in [5, 5.41) is 1.11. The second kappa shape index (κ2) is 8.49. The molecule has 1 aliphatic heterocycles. The molecule has 0 atom stereocenters. The number of benzene rings is 1. The molecule has 30 heavy (non-hydrogen) atoms. The Labute approximate surface area is 179 Å². The van der Waals surface area contributed by atoms with Crippen LogP contribution in [0.5, 0.6) is 0 Å². The number of piperazine rings is 1. The normalized spacial score (nSPS) is 14.8. The molecular weight excluding hydrogens is 398 g/mol. The molecule has 8 heteroatoms. The number of hydrogen-bond acceptors (Lipinski definition) is 6. The Kier molecular flexibility index (Phi) is 5.78. The Balaban J connectivity index is 1.37. The van der Waals surface area contributed by atoms with Gasteiger partial charge in [-0.2, -0.15) is 0 Å². The van der Waals surface area contributed by atoms with Crippen LogP contribution in [0.3, 0.4) is 0 Å². The zero-order valence-corrected chi connectivity index (χ0v) is 18.3. The van der Waals surface area contributed by atoms with Crippen LogP contribution in [0.25, 0.3) is 10.2 Å². The number of aryl methyl sites for hydroxylation is 1. The zero-order chi connectivity index (χ0) is 21.3. The Morgan fingerprint density at radius 3 is 2.43 bits per heavy atom. The van der Waals surface area contributed by atoms with E-state index in [0.717, 1.165) is 30.2 Å². The highest BCUT2D eigenvalue weighted by molar-refractivity contribution is 7.18. The highest BCUT2D eigenvalue weighted by atomic mass is 32.1. The fourth-order valence-corrected chi connectivity index (χ4v) is 4.60. The molecule has 1 saturated heterocycles. The van der Waals surface area contributed by atoms with Crippen LogP contribution in [0.15, 0.2) is 36.4 Å². The summed E-state index contributed by atoms with van der Waals surface area (Å²) in [6.07, 6.45) is 0. The topological polar surface area (TPSA) is 69.6 Å². The van der Waals surface area contributed by atoms with Gasteiger partial charge in [0.05, 0.1) is 28.0 Å². The van der Waals surface area contributed by atoms with Crippen LogP contribution in [0.4, 0.5) is 0 Å². The van der Waals surface area contributed by atoms with E-state index < -0.39 is 0 Å². The van der Waals surface area contributed by atoms with Gasteiger partial charge < -0.3 is 9.80 Å². The number of amides is 2. The van der Waals surface area contributed by atoms with Crippen molar-refractivity contribution in [2.24, 2.45) is 0 Å². The van der Waals surface area contributed by atoms with Gasteiger partial charge in [-0.3, -0.25) is 14.5 Å². The molecular formula is C22H25N5O2S. The quantitative estimate of drug-likeness (QED) is 0.645. The van der Waals surface area contributed by atoms with E-state index in [-0.39, 0.29) is 11.8 Å². The number of nitrogens with zero attached hydrogens (tertiary/aromatic N) is 5. The lowest BCUT2D eigenvalue weighted by molar-refractivity contribution is 0.0626. The number of rotatable bonds is 4. The van der Waals surface area contributed by atoms with E-state index in [4.69, 9.17) is 4.98 Å². The average Bonchev–Trinajstić information content (AvgIpc) is 3.15. The second-order valence-corrected chi connectivity index (χ2v) is 8.79. The van der Waals surface area contributed by atoms with Crippen molar-refractivity contribution in [1.29, 1.82) is 0 Å². The molecule has 0 saturated carbocycles. The molecule has 0 N–H and O–H groups in total. The summed E-state index contributed by atoms with van der Waals surface area (Å²) in [7, 11) is 3.37. The first-order valence-electron chi connectivity index (χ1n) is 9.98. The van der Waals surface area contributed by atoms with Gasteiger partial charge >= 0.3 is 0 Å². The largest absolute Gasteiger partial charge is 0.343 e. The van der Waals surface area contributed by atoms with Crippen LogP contribution in [-0.4, -0.2) is 76.8 Å². The van der Waals surface area contributed by atoms with E-state index in [0.29, 0.717) is 30.0 Å². The molecule has 7 nitrogen and oxygen atoms in total. The third-order valence-electron chi connectivity index (χ3n) is 5.30. The minimum Gasteiger partial charge on any atom is -0.343 e. The number of carbonyl (C=O) groups excluding carboxylic acids is 2. The lowest BCUT2D eigenvalue weighted by Crippen LogP contribution is -2.48. The van der Waals surface area contributed by atoms with Crippen molar-refractivity contribution in [1.82, 2.24) is 24.7 Å². The Morgan fingerprint density at radius 2 is 1.77 bits per heavy atom. The van der Waals surface area contributed by atoms with Crippen LogP contribution >= 0.6 is 11.3 Å². The van der Waals surface area contributed by atoms with Gasteiger partial charge in [-0.15, -0.1) is 11.3 Å². The van der Waals surface area contributed by atoms with Crippen molar-refractivity contribution < 1.29 is 9.59 Å². The lowest BCUT2D eigenvalue weighted by Gasteiger charge is -2.34. The van der Waals surface area contributed by atoms with Crippen LogP contribution in [0.1, 0.15) is 31.5 Å². The molecule has 0 spiro atoms. The van der Waals surface area contributed by atoms with E-state index in [1.54, 1.807) is 44.5 Å². The molecule has 3 heterocycles. The van der Waals surface area contributed by atoms with Crippen molar-refractivity contribution in [3.05, 3.63) is 58.4 Å². The third-order valence-corrected chi connectivity index (χ3v) is 6.32. The van der Waals surface area contributed by atoms with Gasteiger partial charge in [-0.05, 0) is 31.2 Å². The van der Waals surface area contributed by atoms with Crippen LogP contribution in [-0.2, 0) is 6.54 Å². The van der Waals surface area contributed by atoms with Crippen LogP contribution in [0, 0.1) is 6.92 Å². The molecule has 1 fully saturated rings. The first-order valence-corrected chi connectivity index (χ1v) is 10.8. The predicted octanol–water partition coefficient (Wildman–Crippen LogP) is 2.66. The maximum Gasteiger partial charge on any atom is 0.271 e. The van der Waals surface area contributed by atoms with Crippen molar-refractivity contribution >= 4 is 33.4 Å². The minimum atomic E-state index is -0.166. The second-order valence-electron chi connectivity index (χ2n) is 7.67. The molecule has 2 amide bonds. The summed E-state index contributed by atoms with van der Waals surface area (Å²) >= 11 is 1.73. The molecule has 0 radical (unpaired) electrons. The summed E-state index contributed by atoms with van der Waals surface area (Å²) in [5.41, 5.74) is 2.55. The molecule has 1 aromatic carbocycles. The monoisotopic (exact) mass is 423 g/mol. The third kappa shape index (κ3) is 4.20. The summed E-state index contributed by atoms with van der Waals surface area (Å²) in [4.78, 5) is 39.8. The van der Waals surface area contributed by atoms with E-state index in [1.165, 1.54) is 9.60 Å². The Bertz CT molecular complexity index is 1050. The van der Waals surface area contributed by atoms with Gasteiger partial charge in [0.15, 0.2) is 0 Å². The van der Waals surface area contributed by atoms with Gasteiger partial charge in [-0.25, -0.2) is 9.97 Å². The summed E-state index contributed by atoms with van der Waals surface area (Å²) in [6.45, 7) is 5.55. The number of thiazole rings is 1. The summed E-state index contributed by atoms with van der Waals surface area (Å²) in [5.74, 6) is -0.191. The molecule has 1 aliphatic rings. The summed E-state index contributed by atoms with van der Waals surface area (Å²) < 4.78 is 1.21. The van der Waals surface area contributed by atoms with Gasteiger partial charge in [0.2, 0.25) is 0 Å². The standard InChI is InChI=1S/C22H25N5O2S/c1-15-16(8-9-18(23-15)22(29)25(2)3)21(28)27-12-10-26(11-13-27)14-20-24-17-6-4-5-7-19(17)30-20/h4-9H,10-14H2,1-3H3. The number of pyridine rings is 1. The van der Waals surface area contributed by atoms with Crippen molar-refractivity contribution in [3.63, 3.8) is 0 Å². The highest BCUT2D eigenvalue weighted by Gasteiger charge is 2.25. The number of aromatic nitrogens is 2. The van der Waals surface area contributed by atoms with Crippen LogP contribution < -0.4 is 0 Å². The van der Waals surface area contributed by atoms with Gasteiger partial charge in [0, 0.05) is 40.3 Å². The first kappa shape index (κ1) is 20.4. The first-order chi connectivity index (χ1) is 14.4. The maximum atomic E-state index is 13.0. The van der Waals surface area contributed by atoms with E-state index in [2.05, 4.69) is 16.0 Å². The molecule has 2 aromatic heterocycles. The van der Waals surface area contributed by atoms with Gasteiger partial charge in [0.25, 0.3) is 11.8 Å². The highest BCUT2D eigenvalue weighted by Crippen LogP contribution is 2.23. The molecule has 3 aromatic rings. The van der Waals surface area contributed by atoms with E-state index in [1.807, 2.05) is 23.1 Å². The Hall–Kier alpha value is -2.84. The molecule has 4 rings (SSSR count). The minimum absolute atomic E-state index is 0.0245. The van der Waals surface area contributed by atoms with E-state index in [9.17, 15) is 9.59 Å². The number of hydrogen-bond donors (Lipinski definition) is 0. The molecule has 0 aliphatic carbocycles. The van der Waals surface area contributed by atoms with Crippen molar-refractivity contribution in [2.45, 2.75) is 13.5 Å². The predicted molar refractivity (Wildman–Crippen MR) is 118 cm³/mol. The molecule has 156 valence electrons. The molecule has 0 bridgehead atoms. The fourth-order valence-electron chi connectivity index (χ4n) is 3.59. The molecule has 0 unspecified atom stereocenters. The van der Waals surface area contributed by atoms with E-state index >= 15 is 0 Å². The van der Waals surface area contributed by atoms with Crippen molar-refractivity contribution in [2.75, 3.05) is 40.3 Å². The summed E-state index contributed by atoms with van der Waals surface area (Å²) in [6, 6.07) is 11.5. The number of fused-ring (bicyclic) bond motifs is 1.